The highest BCUT2D eigenvalue weighted by atomic mass is 16.3. The lowest BCUT2D eigenvalue weighted by Crippen LogP contribution is -2.28. The summed E-state index contributed by atoms with van der Waals surface area (Å²) in [5.74, 6) is 2.00. The van der Waals surface area contributed by atoms with Crippen LogP contribution in [0.15, 0.2) is 29.2 Å². The van der Waals surface area contributed by atoms with Crippen LogP contribution in [0.3, 0.4) is 0 Å². The van der Waals surface area contributed by atoms with Crippen LogP contribution in [0.25, 0.3) is 0 Å². The number of nitrogens with one attached hydrogen (secondary N) is 1. The van der Waals surface area contributed by atoms with E-state index in [0.717, 1.165) is 37.7 Å². The van der Waals surface area contributed by atoms with Crippen molar-refractivity contribution >= 4 is 0 Å². The maximum Gasteiger partial charge on any atom is 0.118 e. The van der Waals surface area contributed by atoms with Gasteiger partial charge >= 0.3 is 0 Å². The minimum Gasteiger partial charge on any atom is -0.465 e. The average Bonchev–Trinajstić information content (AvgIpc) is 2.59. The minimum atomic E-state index is 0.865. The molecule has 1 rings (SSSR count). The number of nitrogens with zero attached hydrogens (tertiary/aromatic N) is 1. The number of hydrogen-bond acceptors (Lipinski definition) is 3. The van der Waals surface area contributed by atoms with Gasteiger partial charge in [0.25, 0.3) is 0 Å². The van der Waals surface area contributed by atoms with E-state index in [1.807, 2.05) is 25.1 Å². The molecule has 0 unspecified atom stereocenters. The molecule has 0 spiro atoms. The molecule has 0 aliphatic carbocycles. The van der Waals surface area contributed by atoms with Gasteiger partial charge in [-0.1, -0.05) is 6.08 Å². The quantitative estimate of drug-likeness (QED) is 0.547. The zero-order chi connectivity index (χ0) is 11.1. The molecule has 1 aromatic rings. The second-order valence-corrected chi connectivity index (χ2v) is 3.74. The van der Waals surface area contributed by atoms with Crippen LogP contribution in [0.2, 0.25) is 0 Å². The Labute approximate surface area is 91.8 Å². The third-order valence-corrected chi connectivity index (χ3v) is 2.18. The molecule has 84 valence electrons. The monoisotopic (exact) mass is 208 g/mol. The summed E-state index contributed by atoms with van der Waals surface area (Å²) < 4.78 is 5.50. The summed E-state index contributed by atoms with van der Waals surface area (Å²) in [7, 11) is 2.09. The number of likely N-dealkylation sites (N-methyl/N-ethyl adjacent to an activating group) is 1. The number of furan rings is 1. The molecule has 15 heavy (non-hydrogen) atoms. The lowest BCUT2D eigenvalue weighted by Gasteiger charge is -2.14. The minimum absolute atomic E-state index is 0.865. The van der Waals surface area contributed by atoms with Gasteiger partial charge < -0.3 is 9.73 Å². The van der Waals surface area contributed by atoms with E-state index >= 15 is 0 Å². The van der Waals surface area contributed by atoms with Crippen molar-refractivity contribution in [1.29, 1.82) is 0 Å². The molecule has 1 aromatic heterocycles. The first-order valence-corrected chi connectivity index (χ1v) is 5.28. The van der Waals surface area contributed by atoms with Gasteiger partial charge in [-0.05, 0) is 26.1 Å². The van der Waals surface area contributed by atoms with Gasteiger partial charge in [0.1, 0.15) is 11.5 Å². The van der Waals surface area contributed by atoms with E-state index in [4.69, 9.17) is 4.42 Å². The SMILES string of the molecule is C=CCNCCN(C)Cc1ccc(C)o1. The molecule has 0 aliphatic rings. The van der Waals surface area contributed by atoms with Crippen molar-refractivity contribution in [3.63, 3.8) is 0 Å². The Kier molecular flexibility index (Phi) is 5.15. The van der Waals surface area contributed by atoms with Crippen molar-refractivity contribution in [3.05, 3.63) is 36.3 Å². The molecule has 0 fully saturated rings. The molecule has 1 heterocycles. The number of rotatable bonds is 7. The average molecular weight is 208 g/mol. The molecule has 1 N–H and O–H groups in total. The molecule has 0 saturated heterocycles. The summed E-state index contributed by atoms with van der Waals surface area (Å²) in [4.78, 5) is 2.23. The van der Waals surface area contributed by atoms with Gasteiger partial charge in [-0.25, -0.2) is 0 Å². The molecule has 3 nitrogen and oxygen atoms in total. The molecule has 0 amide bonds. The van der Waals surface area contributed by atoms with Crippen LogP contribution in [0.4, 0.5) is 0 Å². The van der Waals surface area contributed by atoms with E-state index in [-0.39, 0.29) is 0 Å². The van der Waals surface area contributed by atoms with Crippen molar-refractivity contribution in [1.82, 2.24) is 10.2 Å². The van der Waals surface area contributed by atoms with Crippen LogP contribution in [-0.4, -0.2) is 31.6 Å². The summed E-state index contributed by atoms with van der Waals surface area (Å²) in [6.45, 7) is 9.34. The predicted molar refractivity (Wildman–Crippen MR) is 62.8 cm³/mol. The fourth-order valence-electron chi connectivity index (χ4n) is 1.39. The number of aryl methyl sites for hydroxylation is 1. The van der Waals surface area contributed by atoms with Crippen molar-refractivity contribution in [2.45, 2.75) is 13.5 Å². The van der Waals surface area contributed by atoms with Crippen LogP contribution < -0.4 is 5.32 Å². The van der Waals surface area contributed by atoms with E-state index in [0.29, 0.717) is 0 Å². The smallest absolute Gasteiger partial charge is 0.118 e. The fraction of sp³-hybridized carbons (Fsp3) is 0.500. The molecular weight excluding hydrogens is 188 g/mol. The van der Waals surface area contributed by atoms with E-state index in [1.165, 1.54) is 0 Å². The Balaban J connectivity index is 2.18. The zero-order valence-corrected chi connectivity index (χ0v) is 9.62. The van der Waals surface area contributed by atoms with Crippen LogP contribution in [0, 0.1) is 6.92 Å². The largest absolute Gasteiger partial charge is 0.465 e. The molecule has 0 saturated carbocycles. The molecule has 0 bridgehead atoms. The van der Waals surface area contributed by atoms with Crippen molar-refractivity contribution in [2.75, 3.05) is 26.7 Å². The van der Waals surface area contributed by atoms with Gasteiger partial charge in [-0.2, -0.15) is 0 Å². The normalized spacial score (nSPS) is 10.9. The third-order valence-electron chi connectivity index (χ3n) is 2.18. The molecule has 0 aromatic carbocycles. The second-order valence-electron chi connectivity index (χ2n) is 3.74. The highest BCUT2D eigenvalue weighted by Gasteiger charge is 2.02. The fourth-order valence-corrected chi connectivity index (χ4v) is 1.39. The molecule has 3 heteroatoms. The topological polar surface area (TPSA) is 28.4 Å². The summed E-state index contributed by atoms with van der Waals surface area (Å²) in [6.07, 6.45) is 1.87. The van der Waals surface area contributed by atoms with Gasteiger partial charge in [-0.15, -0.1) is 6.58 Å². The van der Waals surface area contributed by atoms with E-state index < -0.39 is 0 Å². The number of hydrogen-bond donors (Lipinski definition) is 1. The highest BCUT2D eigenvalue weighted by Crippen LogP contribution is 2.07. The summed E-state index contributed by atoms with van der Waals surface area (Å²) in [5.41, 5.74) is 0. The zero-order valence-electron chi connectivity index (χ0n) is 9.62. The Hall–Kier alpha value is -1.06. The first-order chi connectivity index (χ1) is 7.22. The Morgan fingerprint density at radius 2 is 2.33 bits per heavy atom. The van der Waals surface area contributed by atoms with E-state index in [9.17, 15) is 0 Å². The third kappa shape index (κ3) is 4.81. The van der Waals surface area contributed by atoms with Gasteiger partial charge in [0.2, 0.25) is 0 Å². The molecule has 0 aliphatic heterocycles. The first kappa shape index (κ1) is 12.0. The van der Waals surface area contributed by atoms with E-state index in [2.05, 4.69) is 23.8 Å². The molecule has 0 radical (unpaired) electrons. The van der Waals surface area contributed by atoms with Crippen molar-refractivity contribution in [2.24, 2.45) is 0 Å². The van der Waals surface area contributed by atoms with Crippen molar-refractivity contribution in [3.8, 4) is 0 Å². The summed E-state index contributed by atoms with van der Waals surface area (Å²) in [6, 6.07) is 4.03. The van der Waals surface area contributed by atoms with Gasteiger partial charge in [0.05, 0.1) is 6.54 Å². The Morgan fingerprint density at radius 1 is 1.53 bits per heavy atom. The first-order valence-electron chi connectivity index (χ1n) is 5.28. The maximum atomic E-state index is 5.50. The van der Waals surface area contributed by atoms with Crippen LogP contribution in [0.1, 0.15) is 11.5 Å². The highest BCUT2D eigenvalue weighted by molar-refractivity contribution is 5.05. The second kappa shape index (κ2) is 6.43. The summed E-state index contributed by atoms with van der Waals surface area (Å²) in [5, 5.41) is 3.27. The van der Waals surface area contributed by atoms with Gasteiger partial charge in [0.15, 0.2) is 0 Å². The van der Waals surface area contributed by atoms with Crippen molar-refractivity contribution < 1.29 is 4.42 Å². The Morgan fingerprint density at radius 3 is 2.93 bits per heavy atom. The van der Waals surface area contributed by atoms with Crippen LogP contribution in [0.5, 0.6) is 0 Å². The predicted octanol–water partition coefficient (Wildman–Crippen LogP) is 1.80. The summed E-state index contributed by atoms with van der Waals surface area (Å²) >= 11 is 0. The van der Waals surface area contributed by atoms with Crippen LogP contribution in [-0.2, 0) is 6.54 Å². The van der Waals surface area contributed by atoms with Gasteiger partial charge in [-0.3, -0.25) is 4.90 Å². The maximum absolute atomic E-state index is 5.50. The molecular formula is C12H20N2O. The van der Waals surface area contributed by atoms with Gasteiger partial charge in [0, 0.05) is 19.6 Å². The standard InChI is InChI=1S/C12H20N2O/c1-4-7-13-8-9-14(3)10-12-6-5-11(2)15-12/h4-6,13H,1,7-10H2,2-3H3. The molecule has 0 atom stereocenters. The van der Waals surface area contributed by atoms with Crippen LogP contribution >= 0.6 is 0 Å². The Bertz CT molecular complexity index is 294. The van der Waals surface area contributed by atoms with E-state index in [1.54, 1.807) is 0 Å². The lowest BCUT2D eigenvalue weighted by molar-refractivity contribution is 0.292. The lowest BCUT2D eigenvalue weighted by atomic mass is 10.4.